The van der Waals surface area contributed by atoms with Gasteiger partial charge in [-0.05, 0) is 37.6 Å². The molecule has 1 aliphatic heterocycles. The predicted octanol–water partition coefficient (Wildman–Crippen LogP) is 4.12. The minimum atomic E-state index is 1.09. The van der Waals surface area contributed by atoms with Crippen LogP contribution in [0.3, 0.4) is 0 Å². The Kier molecular flexibility index (Phi) is 2.59. The lowest BCUT2D eigenvalue weighted by atomic mass is 9.98. The van der Waals surface area contributed by atoms with Gasteiger partial charge in [-0.25, -0.2) is 0 Å². The summed E-state index contributed by atoms with van der Waals surface area (Å²) in [6.07, 6.45) is 9.04. The Morgan fingerprint density at radius 3 is 2.73 bits per heavy atom. The van der Waals surface area contributed by atoms with Crippen LogP contribution in [0.5, 0.6) is 0 Å². The molecule has 0 saturated carbocycles. The van der Waals surface area contributed by atoms with E-state index in [-0.39, 0.29) is 0 Å². The van der Waals surface area contributed by atoms with E-state index >= 15 is 0 Å². The summed E-state index contributed by atoms with van der Waals surface area (Å²) in [5.41, 5.74) is 1.37. The van der Waals surface area contributed by atoms with Gasteiger partial charge in [-0.3, -0.25) is 0 Å². The van der Waals surface area contributed by atoms with Crippen LogP contribution in [0, 0.1) is 0 Å². The van der Waals surface area contributed by atoms with E-state index in [0.29, 0.717) is 0 Å². The van der Waals surface area contributed by atoms with E-state index in [0.717, 1.165) is 5.75 Å². The number of allylic oxidation sites excluding steroid dienone is 2. The van der Waals surface area contributed by atoms with Gasteiger partial charge >= 0.3 is 0 Å². The lowest BCUT2D eigenvalue weighted by molar-refractivity contribution is 1.59. The summed E-state index contributed by atoms with van der Waals surface area (Å²) in [5, 5.41) is 8.09. The van der Waals surface area contributed by atoms with Gasteiger partial charge in [0.1, 0.15) is 0 Å². The second kappa shape index (κ2) is 4.62. The van der Waals surface area contributed by atoms with Gasteiger partial charge in [0.25, 0.3) is 0 Å². The number of fused-ring (bicyclic) bond motifs is 6. The number of thioether (sulfide) groups is 1. The number of hydrogen-bond acceptors (Lipinski definition) is 1. The standard InChI is InChI=1S/C21H14S/c1-2-6-17-14(4-1)8-9-15-10-11-19-18(20(15)17)7-3-5-16-12-13-22-21(16)19/h1-12H,13H2. The third kappa shape index (κ3) is 1.66. The molecule has 0 atom stereocenters. The molecule has 3 aromatic carbocycles. The SMILES string of the molecule is C1=CC2=CCSC2=c2ccc3ccc4ccccc4c3c2=C1. The zero-order chi connectivity index (χ0) is 14.5. The molecule has 0 radical (unpaired) electrons. The minimum Gasteiger partial charge on any atom is -0.121 e. The van der Waals surface area contributed by atoms with E-state index in [1.165, 1.54) is 42.5 Å². The molecular formula is C21H14S. The first-order valence-electron chi connectivity index (χ1n) is 7.58. The molecule has 2 aliphatic rings. The first-order chi connectivity index (χ1) is 10.9. The first kappa shape index (κ1) is 12.3. The highest BCUT2D eigenvalue weighted by molar-refractivity contribution is 8.08. The highest BCUT2D eigenvalue weighted by atomic mass is 32.2. The number of benzene rings is 3. The summed E-state index contributed by atoms with van der Waals surface area (Å²) < 4.78 is 0. The van der Waals surface area contributed by atoms with Crippen molar-refractivity contribution in [1.29, 1.82) is 0 Å². The summed E-state index contributed by atoms with van der Waals surface area (Å²) in [5.74, 6) is 1.09. The molecule has 0 fully saturated rings. The Balaban J connectivity index is 2.10. The van der Waals surface area contributed by atoms with E-state index in [4.69, 9.17) is 0 Å². The van der Waals surface area contributed by atoms with Crippen molar-refractivity contribution in [3.05, 3.63) is 82.8 Å². The lowest BCUT2D eigenvalue weighted by Crippen LogP contribution is -2.26. The molecule has 104 valence electrons. The van der Waals surface area contributed by atoms with Gasteiger partial charge in [-0.15, -0.1) is 11.8 Å². The summed E-state index contributed by atoms with van der Waals surface area (Å²) in [6.45, 7) is 0. The van der Waals surface area contributed by atoms with Gasteiger partial charge in [0, 0.05) is 10.7 Å². The van der Waals surface area contributed by atoms with E-state index < -0.39 is 0 Å². The maximum atomic E-state index is 2.33. The Hall–Kier alpha value is -2.25. The molecule has 0 amide bonds. The Bertz CT molecular complexity index is 1110. The fourth-order valence-corrected chi connectivity index (χ4v) is 4.59. The second-order valence-electron chi connectivity index (χ2n) is 5.74. The largest absolute Gasteiger partial charge is 0.121 e. The Labute approximate surface area is 133 Å². The summed E-state index contributed by atoms with van der Waals surface area (Å²) in [7, 11) is 0. The average molecular weight is 298 g/mol. The highest BCUT2D eigenvalue weighted by Gasteiger charge is 2.13. The van der Waals surface area contributed by atoms with Gasteiger partial charge < -0.3 is 0 Å². The van der Waals surface area contributed by atoms with E-state index in [2.05, 4.69) is 72.8 Å². The van der Waals surface area contributed by atoms with Gasteiger partial charge in [-0.1, -0.05) is 72.8 Å². The molecule has 0 bridgehead atoms. The van der Waals surface area contributed by atoms with Gasteiger partial charge in [0.05, 0.1) is 0 Å². The van der Waals surface area contributed by atoms with Crippen molar-refractivity contribution in [3.63, 3.8) is 0 Å². The monoisotopic (exact) mass is 298 g/mol. The summed E-state index contributed by atoms with van der Waals surface area (Å²) in [6, 6.07) is 17.7. The molecule has 3 aromatic rings. The fraction of sp³-hybridized carbons (Fsp3) is 0.0476. The van der Waals surface area contributed by atoms with Crippen LogP contribution in [-0.4, -0.2) is 5.75 Å². The van der Waals surface area contributed by atoms with Crippen molar-refractivity contribution in [2.45, 2.75) is 0 Å². The van der Waals surface area contributed by atoms with E-state index in [1.54, 1.807) is 0 Å². The van der Waals surface area contributed by atoms with Gasteiger partial charge in [-0.2, -0.15) is 0 Å². The van der Waals surface area contributed by atoms with Crippen LogP contribution in [0.25, 0.3) is 32.5 Å². The molecule has 1 aliphatic carbocycles. The van der Waals surface area contributed by atoms with E-state index in [9.17, 15) is 0 Å². The van der Waals surface area contributed by atoms with Crippen molar-refractivity contribution < 1.29 is 0 Å². The number of rotatable bonds is 0. The smallest absolute Gasteiger partial charge is 0.0223 e. The molecule has 1 heterocycles. The summed E-state index contributed by atoms with van der Waals surface area (Å²) >= 11 is 1.95. The van der Waals surface area contributed by atoms with Crippen molar-refractivity contribution >= 4 is 44.3 Å². The number of hydrogen-bond donors (Lipinski definition) is 0. The Morgan fingerprint density at radius 2 is 1.73 bits per heavy atom. The van der Waals surface area contributed by atoms with Gasteiger partial charge in [0.2, 0.25) is 0 Å². The lowest BCUT2D eigenvalue weighted by Gasteiger charge is -2.07. The molecule has 0 saturated heterocycles. The maximum absolute atomic E-state index is 2.33. The van der Waals surface area contributed by atoms with Crippen molar-refractivity contribution in [2.75, 3.05) is 5.75 Å². The molecular weight excluding hydrogens is 284 g/mol. The quantitative estimate of drug-likeness (QED) is 0.562. The summed E-state index contributed by atoms with van der Waals surface area (Å²) in [4.78, 5) is 1.43. The zero-order valence-corrected chi connectivity index (χ0v) is 12.9. The maximum Gasteiger partial charge on any atom is 0.0223 e. The Morgan fingerprint density at radius 1 is 0.864 bits per heavy atom. The molecule has 0 aromatic heterocycles. The molecule has 1 heteroatoms. The predicted molar refractivity (Wildman–Crippen MR) is 98.3 cm³/mol. The van der Waals surface area contributed by atoms with Gasteiger partial charge in [0.15, 0.2) is 0 Å². The van der Waals surface area contributed by atoms with Crippen molar-refractivity contribution in [2.24, 2.45) is 0 Å². The molecule has 5 rings (SSSR count). The fourth-order valence-electron chi connectivity index (χ4n) is 3.51. The van der Waals surface area contributed by atoms with Crippen LogP contribution >= 0.6 is 11.8 Å². The van der Waals surface area contributed by atoms with Crippen LogP contribution < -0.4 is 10.4 Å². The normalized spacial score (nSPS) is 16.2. The molecule has 0 spiro atoms. The molecule has 22 heavy (non-hydrogen) atoms. The minimum absolute atomic E-state index is 1.09. The first-order valence-corrected chi connectivity index (χ1v) is 8.57. The second-order valence-corrected chi connectivity index (χ2v) is 6.77. The van der Waals surface area contributed by atoms with E-state index in [1.807, 2.05) is 11.8 Å². The van der Waals surface area contributed by atoms with Crippen molar-refractivity contribution in [3.8, 4) is 0 Å². The topological polar surface area (TPSA) is 0 Å². The molecule has 0 unspecified atom stereocenters. The molecule has 0 nitrogen and oxygen atoms in total. The zero-order valence-electron chi connectivity index (χ0n) is 12.0. The third-order valence-corrected chi connectivity index (χ3v) is 5.60. The van der Waals surface area contributed by atoms with Crippen LogP contribution in [0.1, 0.15) is 0 Å². The van der Waals surface area contributed by atoms with Crippen LogP contribution in [0.15, 0.2) is 72.3 Å². The molecule has 0 N–H and O–H groups in total. The average Bonchev–Trinajstić information content (AvgIpc) is 2.95. The van der Waals surface area contributed by atoms with Crippen molar-refractivity contribution in [1.82, 2.24) is 0 Å². The van der Waals surface area contributed by atoms with Crippen LogP contribution in [0.4, 0.5) is 0 Å². The third-order valence-electron chi connectivity index (χ3n) is 4.53. The van der Waals surface area contributed by atoms with Crippen LogP contribution in [-0.2, 0) is 0 Å². The van der Waals surface area contributed by atoms with Crippen LogP contribution in [0.2, 0.25) is 0 Å². The highest BCUT2D eigenvalue weighted by Crippen LogP contribution is 2.33.